The zero-order valence-electron chi connectivity index (χ0n) is 20.0. The molecule has 7 nitrogen and oxygen atoms in total. The number of hydrogen-bond acceptors (Lipinski definition) is 6. The van der Waals surface area contributed by atoms with E-state index in [1.54, 1.807) is 25.3 Å². The summed E-state index contributed by atoms with van der Waals surface area (Å²) >= 11 is 0. The van der Waals surface area contributed by atoms with Crippen LogP contribution in [0.3, 0.4) is 0 Å². The molecule has 0 radical (unpaired) electrons. The van der Waals surface area contributed by atoms with E-state index in [-0.39, 0.29) is 18.2 Å². The second-order valence-electron chi connectivity index (χ2n) is 8.20. The number of ether oxygens (including phenoxy) is 3. The number of aliphatic hydroxyl groups is 2. The Hall–Kier alpha value is -2.94. The van der Waals surface area contributed by atoms with Crippen LogP contribution in [-0.4, -0.2) is 60.9 Å². The van der Waals surface area contributed by atoms with Crippen LogP contribution in [0.15, 0.2) is 36.4 Å². The fraction of sp³-hybridized carbons (Fsp3) is 0.423. The van der Waals surface area contributed by atoms with E-state index in [1.807, 2.05) is 19.9 Å². The van der Waals surface area contributed by atoms with E-state index in [4.69, 9.17) is 19.3 Å². The molecular formula is C26H33FO7. The molecule has 0 fully saturated rings. The minimum Gasteiger partial charge on any atom is -0.492 e. The highest BCUT2D eigenvalue weighted by Crippen LogP contribution is 2.45. The van der Waals surface area contributed by atoms with Crippen molar-refractivity contribution >= 4 is 12.0 Å². The molecule has 0 aliphatic heterocycles. The van der Waals surface area contributed by atoms with Crippen molar-refractivity contribution in [3.8, 4) is 22.6 Å². The average Bonchev–Trinajstić information content (AvgIpc) is 2.77. The van der Waals surface area contributed by atoms with Crippen LogP contribution in [0.2, 0.25) is 0 Å². The summed E-state index contributed by atoms with van der Waals surface area (Å²) in [6.45, 7) is 4.72. The first-order valence-corrected chi connectivity index (χ1v) is 11.1. The van der Waals surface area contributed by atoms with Crippen molar-refractivity contribution in [3.05, 3.63) is 53.4 Å². The van der Waals surface area contributed by atoms with Gasteiger partial charge in [-0.2, -0.15) is 0 Å². The lowest BCUT2D eigenvalue weighted by Crippen LogP contribution is -2.19. The van der Waals surface area contributed by atoms with Crippen molar-refractivity contribution < 1.29 is 38.7 Å². The molecule has 0 aliphatic carbocycles. The molecular weight excluding hydrogens is 443 g/mol. The van der Waals surface area contributed by atoms with Gasteiger partial charge in [-0.05, 0) is 40.8 Å². The quantitative estimate of drug-likeness (QED) is 0.371. The minimum absolute atomic E-state index is 0.0595. The molecule has 2 unspecified atom stereocenters. The van der Waals surface area contributed by atoms with Gasteiger partial charge in [-0.25, -0.2) is 4.39 Å². The maximum Gasteiger partial charge on any atom is 0.305 e. The Kier molecular flexibility index (Phi) is 10.5. The molecule has 34 heavy (non-hydrogen) atoms. The molecule has 0 aromatic heterocycles. The van der Waals surface area contributed by atoms with Gasteiger partial charge in [0.25, 0.3) is 0 Å². The molecule has 2 rings (SSSR count). The molecule has 0 heterocycles. The highest BCUT2D eigenvalue weighted by Gasteiger charge is 2.22. The fourth-order valence-electron chi connectivity index (χ4n) is 3.63. The number of hydrogen-bond donors (Lipinski definition) is 3. The van der Waals surface area contributed by atoms with E-state index in [9.17, 15) is 19.4 Å². The van der Waals surface area contributed by atoms with Crippen molar-refractivity contribution in [2.75, 3.05) is 27.4 Å². The van der Waals surface area contributed by atoms with Crippen LogP contribution in [0.4, 0.5) is 4.39 Å². The molecule has 3 N–H and O–H groups in total. The minimum atomic E-state index is -1.18. The van der Waals surface area contributed by atoms with Crippen LogP contribution in [0.5, 0.6) is 11.5 Å². The number of methoxy groups -OCH3 is 2. The van der Waals surface area contributed by atoms with Gasteiger partial charge in [0, 0.05) is 19.1 Å². The van der Waals surface area contributed by atoms with Gasteiger partial charge in [0.1, 0.15) is 12.4 Å². The predicted molar refractivity (Wildman–Crippen MR) is 128 cm³/mol. The van der Waals surface area contributed by atoms with Crippen LogP contribution in [-0.2, 0) is 9.53 Å². The Morgan fingerprint density at radius 1 is 1.12 bits per heavy atom. The largest absolute Gasteiger partial charge is 0.492 e. The first-order valence-electron chi connectivity index (χ1n) is 11.1. The van der Waals surface area contributed by atoms with Crippen LogP contribution in [0.1, 0.15) is 43.7 Å². The van der Waals surface area contributed by atoms with Crippen LogP contribution < -0.4 is 9.47 Å². The Morgan fingerprint density at radius 2 is 1.79 bits per heavy atom. The first-order chi connectivity index (χ1) is 16.2. The van der Waals surface area contributed by atoms with Crippen molar-refractivity contribution in [3.63, 3.8) is 0 Å². The first kappa shape index (κ1) is 27.3. The second kappa shape index (κ2) is 13.1. The van der Waals surface area contributed by atoms with Gasteiger partial charge >= 0.3 is 5.97 Å². The zero-order chi connectivity index (χ0) is 25.3. The SMILES string of the molecule is COCCOc1cc(C(C)C)c(/C=C/C(O)CC(O)CC(=O)O)c(-c2ccc(F)cc2)c1OC. The lowest BCUT2D eigenvalue weighted by atomic mass is 9.88. The van der Waals surface area contributed by atoms with Gasteiger partial charge in [-0.15, -0.1) is 0 Å². The van der Waals surface area contributed by atoms with E-state index >= 15 is 0 Å². The Morgan fingerprint density at radius 3 is 2.35 bits per heavy atom. The molecule has 2 aromatic rings. The topological polar surface area (TPSA) is 105 Å². The monoisotopic (exact) mass is 476 g/mol. The summed E-state index contributed by atoms with van der Waals surface area (Å²) in [4.78, 5) is 10.8. The molecule has 0 amide bonds. The Balaban J connectivity index is 2.61. The van der Waals surface area contributed by atoms with Crippen molar-refractivity contribution in [1.82, 2.24) is 0 Å². The number of benzene rings is 2. The van der Waals surface area contributed by atoms with E-state index < -0.39 is 24.6 Å². The fourth-order valence-corrected chi connectivity index (χ4v) is 3.63. The number of carboxylic acids is 1. The molecule has 8 heteroatoms. The molecule has 2 atom stereocenters. The maximum atomic E-state index is 13.7. The summed E-state index contributed by atoms with van der Waals surface area (Å²) in [6, 6.07) is 7.86. The van der Waals surface area contributed by atoms with Gasteiger partial charge in [0.2, 0.25) is 0 Å². The third-order valence-electron chi connectivity index (χ3n) is 5.23. The molecule has 0 aliphatic rings. The summed E-state index contributed by atoms with van der Waals surface area (Å²) in [5, 5.41) is 29.1. The number of rotatable bonds is 13. The third-order valence-corrected chi connectivity index (χ3v) is 5.23. The molecule has 0 saturated carbocycles. The lowest BCUT2D eigenvalue weighted by molar-refractivity contribution is -0.139. The second-order valence-corrected chi connectivity index (χ2v) is 8.20. The molecule has 0 spiro atoms. The average molecular weight is 477 g/mol. The summed E-state index contributed by atoms with van der Waals surface area (Å²) in [5.41, 5.74) is 3.00. The third kappa shape index (κ3) is 7.55. The Bertz CT molecular complexity index is 970. The molecule has 0 bridgehead atoms. The van der Waals surface area contributed by atoms with Gasteiger partial charge in [-0.1, -0.05) is 38.1 Å². The smallest absolute Gasteiger partial charge is 0.305 e. The van der Waals surface area contributed by atoms with Gasteiger partial charge in [-0.3, -0.25) is 4.79 Å². The highest BCUT2D eigenvalue weighted by molar-refractivity contribution is 5.85. The van der Waals surface area contributed by atoms with E-state index in [0.717, 1.165) is 11.1 Å². The van der Waals surface area contributed by atoms with Crippen molar-refractivity contribution in [1.29, 1.82) is 0 Å². The summed E-state index contributed by atoms with van der Waals surface area (Å²) in [6.07, 6.45) is 0.395. The highest BCUT2D eigenvalue weighted by atomic mass is 19.1. The number of halogens is 1. The number of carbonyl (C=O) groups is 1. The number of aliphatic hydroxyl groups excluding tert-OH is 2. The Labute approximate surface area is 199 Å². The predicted octanol–water partition coefficient (Wildman–Crippen LogP) is 4.25. The molecule has 2 aromatic carbocycles. The maximum absolute atomic E-state index is 13.7. The molecule has 186 valence electrons. The number of aliphatic carboxylic acids is 1. The standard InChI is InChI=1S/C26H33FO7/c1-16(2)22-15-23(34-12-11-32-3)26(33-4)25(17-5-7-18(27)8-6-17)21(22)10-9-19(28)13-20(29)14-24(30)31/h5-10,15-16,19-20,28-29H,11-14H2,1-4H3,(H,30,31)/b10-9+. The summed E-state index contributed by atoms with van der Waals surface area (Å²) < 4.78 is 30.4. The van der Waals surface area contributed by atoms with Crippen LogP contribution in [0, 0.1) is 5.82 Å². The van der Waals surface area contributed by atoms with Crippen molar-refractivity contribution in [2.24, 2.45) is 0 Å². The van der Waals surface area contributed by atoms with Gasteiger partial charge in [0.05, 0.1) is 32.3 Å². The summed E-state index contributed by atoms with van der Waals surface area (Å²) in [5.74, 6) is -0.494. The van der Waals surface area contributed by atoms with E-state index in [0.29, 0.717) is 35.8 Å². The normalized spacial score (nSPS) is 13.3. The zero-order valence-corrected chi connectivity index (χ0v) is 20.0. The van der Waals surface area contributed by atoms with Crippen LogP contribution in [0.25, 0.3) is 17.2 Å². The van der Waals surface area contributed by atoms with Gasteiger partial charge < -0.3 is 29.5 Å². The lowest BCUT2D eigenvalue weighted by Gasteiger charge is -2.22. The summed E-state index contributed by atoms with van der Waals surface area (Å²) in [7, 11) is 3.10. The van der Waals surface area contributed by atoms with Crippen molar-refractivity contribution in [2.45, 2.75) is 44.8 Å². The van der Waals surface area contributed by atoms with E-state index in [2.05, 4.69) is 0 Å². The van der Waals surface area contributed by atoms with Gasteiger partial charge in [0.15, 0.2) is 11.5 Å². The van der Waals surface area contributed by atoms with Crippen LogP contribution >= 0.6 is 0 Å². The number of carboxylic acid groups (broad SMARTS) is 1. The molecule has 0 saturated heterocycles. The van der Waals surface area contributed by atoms with E-state index in [1.165, 1.54) is 25.3 Å².